The van der Waals surface area contributed by atoms with E-state index in [1.54, 1.807) is 6.92 Å². The molecule has 114 valence electrons. The average Bonchev–Trinajstić information content (AvgIpc) is 2.33. The minimum absolute atomic E-state index is 0. The summed E-state index contributed by atoms with van der Waals surface area (Å²) < 4.78 is 26.1. The molecule has 20 heavy (non-hydrogen) atoms. The van der Waals surface area contributed by atoms with Crippen LogP contribution in [0, 0.1) is 17.6 Å². The Kier molecular flexibility index (Phi) is 6.87. The molecule has 0 aliphatic carbocycles. The van der Waals surface area contributed by atoms with Crippen LogP contribution in [0.1, 0.15) is 31.1 Å². The number of benzene rings is 1. The van der Waals surface area contributed by atoms with Crippen molar-refractivity contribution in [3.8, 4) is 0 Å². The molecule has 0 spiro atoms. The van der Waals surface area contributed by atoms with Crippen LogP contribution in [0.5, 0.6) is 0 Å². The van der Waals surface area contributed by atoms with E-state index in [1.165, 1.54) is 0 Å². The predicted molar refractivity (Wildman–Crippen MR) is 78.4 cm³/mol. The Balaban J connectivity index is 0.00000361. The number of nitrogens with one attached hydrogen (secondary N) is 1. The van der Waals surface area contributed by atoms with Gasteiger partial charge in [-0.15, -0.1) is 12.4 Å². The first-order valence-electron chi connectivity index (χ1n) is 5.88. The maximum absolute atomic E-state index is 13.2. The summed E-state index contributed by atoms with van der Waals surface area (Å²) in [6, 6.07) is 1.56. The molecular formula is C13H18Cl2F2N2O. The normalized spacial score (nSPS) is 13.6. The topological polar surface area (TPSA) is 55.1 Å². The number of carbonyl (C=O) groups excluding carboxylic acids is 1. The highest BCUT2D eigenvalue weighted by Crippen LogP contribution is 2.22. The van der Waals surface area contributed by atoms with Crippen LogP contribution in [0.3, 0.4) is 0 Å². The van der Waals surface area contributed by atoms with E-state index in [0.29, 0.717) is 0 Å². The van der Waals surface area contributed by atoms with E-state index in [2.05, 4.69) is 5.32 Å². The van der Waals surface area contributed by atoms with Crippen molar-refractivity contribution < 1.29 is 13.6 Å². The van der Waals surface area contributed by atoms with Gasteiger partial charge in [0, 0.05) is 6.54 Å². The maximum atomic E-state index is 13.2. The first kappa shape index (κ1) is 19.1. The Morgan fingerprint density at radius 2 is 1.90 bits per heavy atom. The lowest BCUT2D eigenvalue weighted by Crippen LogP contribution is -2.55. The molecule has 0 radical (unpaired) electrons. The molecule has 3 N–H and O–H groups in total. The van der Waals surface area contributed by atoms with Crippen LogP contribution >= 0.6 is 24.0 Å². The van der Waals surface area contributed by atoms with Gasteiger partial charge in [-0.3, -0.25) is 4.79 Å². The second-order valence-corrected chi connectivity index (χ2v) is 5.38. The Labute approximate surface area is 128 Å². The van der Waals surface area contributed by atoms with Crippen molar-refractivity contribution in [3.05, 3.63) is 34.4 Å². The Morgan fingerprint density at radius 1 is 1.40 bits per heavy atom. The Morgan fingerprint density at radius 3 is 2.35 bits per heavy atom. The van der Waals surface area contributed by atoms with E-state index in [-0.39, 0.29) is 35.5 Å². The zero-order chi connectivity index (χ0) is 14.8. The lowest BCUT2D eigenvalue weighted by molar-refractivity contribution is 0.0883. The molecule has 1 rings (SSSR count). The summed E-state index contributed by atoms with van der Waals surface area (Å²) in [5.41, 5.74) is 4.89. The largest absolute Gasteiger partial charge is 0.345 e. The molecule has 0 aliphatic heterocycles. The number of amides is 1. The SMILES string of the molecule is CC(C)C(C)(CN)NC(=O)c1cc(F)c(F)cc1Cl.Cl. The molecule has 3 nitrogen and oxygen atoms in total. The number of hydrogen-bond acceptors (Lipinski definition) is 2. The molecule has 1 aromatic carbocycles. The third kappa shape index (κ3) is 4.04. The second-order valence-electron chi connectivity index (χ2n) is 4.98. The highest BCUT2D eigenvalue weighted by Gasteiger charge is 2.29. The molecule has 0 bridgehead atoms. The van der Waals surface area contributed by atoms with Gasteiger partial charge in [-0.1, -0.05) is 25.4 Å². The fourth-order valence-electron chi connectivity index (χ4n) is 1.45. The zero-order valence-electron chi connectivity index (χ0n) is 11.5. The van der Waals surface area contributed by atoms with Crippen LogP contribution < -0.4 is 11.1 Å². The minimum atomic E-state index is -1.12. The molecule has 0 saturated carbocycles. The van der Waals surface area contributed by atoms with Gasteiger partial charge in [-0.25, -0.2) is 8.78 Å². The van der Waals surface area contributed by atoms with E-state index >= 15 is 0 Å². The summed E-state index contributed by atoms with van der Waals surface area (Å²) in [4.78, 5) is 12.1. The summed E-state index contributed by atoms with van der Waals surface area (Å²) in [5, 5.41) is 2.57. The molecule has 1 atom stereocenters. The van der Waals surface area contributed by atoms with Crippen LogP contribution in [-0.2, 0) is 0 Å². The summed E-state index contributed by atoms with van der Waals surface area (Å²) in [6.45, 7) is 5.81. The molecule has 1 aromatic rings. The molecular weight excluding hydrogens is 309 g/mol. The van der Waals surface area contributed by atoms with Gasteiger partial charge in [-0.2, -0.15) is 0 Å². The lowest BCUT2D eigenvalue weighted by Gasteiger charge is -2.33. The monoisotopic (exact) mass is 326 g/mol. The van der Waals surface area contributed by atoms with Gasteiger partial charge in [0.1, 0.15) is 0 Å². The molecule has 0 heterocycles. The first-order valence-corrected chi connectivity index (χ1v) is 6.26. The van der Waals surface area contributed by atoms with E-state index in [9.17, 15) is 13.6 Å². The average molecular weight is 327 g/mol. The molecule has 1 unspecified atom stereocenters. The second kappa shape index (κ2) is 7.20. The zero-order valence-corrected chi connectivity index (χ0v) is 13.0. The van der Waals surface area contributed by atoms with Gasteiger partial charge in [-0.05, 0) is 25.0 Å². The molecule has 1 amide bonds. The van der Waals surface area contributed by atoms with Crippen LogP contribution in [0.15, 0.2) is 12.1 Å². The van der Waals surface area contributed by atoms with Crippen LogP contribution in [-0.4, -0.2) is 18.0 Å². The third-order valence-corrected chi connectivity index (χ3v) is 3.66. The number of hydrogen-bond donors (Lipinski definition) is 2. The van der Waals surface area contributed by atoms with Crippen LogP contribution in [0.25, 0.3) is 0 Å². The molecule has 0 aromatic heterocycles. The van der Waals surface area contributed by atoms with Gasteiger partial charge < -0.3 is 11.1 Å². The van der Waals surface area contributed by atoms with Crippen molar-refractivity contribution in [1.29, 1.82) is 0 Å². The van der Waals surface area contributed by atoms with Gasteiger partial charge >= 0.3 is 0 Å². The summed E-state index contributed by atoms with van der Waals surface area (Å²) in [7, 11) is 0. The summed E-state index contributed by atoms with van der Waals surface area (Å²) in [6.07, 6.45) is 0. The van der Waals surface area contributed by atoms with E-state index in [4.69, 9.17) is 17.3 Å². The van der Waals surface area contributed by atoms with E-state index < -0.39 is 23.1 Å². The van der Waals surface area contributed by atoms with Crippen molar-refractivity contribution in [1.82, 2.24) is 5.32 Å². The maximum Gasteiger partial charge on any atom is 0.253 e. The smallest absolute Gasteiger partial charge is 0.253 e. The third-order valence-electron chi connectivity index (χ3n) is 3.35. The predicted octanol–water partition coefficient (Wildman–Crippen LogP) is 3.14. The quantitative estimate of drug-likeness (QED) is 0.835. The fraction of sp³-hybridized carbons (Fsp3) is 0.462. The summed E-state index contributed by atoms with van der Waals surface area (Å²) in [5.74, 6) is -2.71. The lowest BCUT2D eigenvalue weighted by atomic mass is 9.88. The number of nitrogens with two attached hydrogens (primary N) is 1. The molecule has 0 fully saturated rings. The standard InChI is InChI=1S/C13H17ClF2N2O.ClH/c1-7(2)13(3,6-17)18-12(19)8-4-10(15)11(16)5-9(8)14;/h4-5,7H,6,17H2,1-3H3,(H,18,19);1H. The van der Waals surface area contributed by atoms with Crippen LogP contribution in [0.2, 0.25) is 5.02 Å². The van der Waals surface area contributed by atoms with E-state index in [1.807, 2.05) is 13.8 Å². The van der Waals surface area contributed by atoms with Crippen molar-refractivity contribution in [3.63, 3.8) is 0 Å². The number of halogens is 4. The van der Waals surface area contributed by atoms with Crippen molar-refractivity contribution in [2.24, 2.45) is 11.7 Å². The van der Waals surface area contributed by atoms with Crippen molar-refractivity contribution in [2.45, 2.75) is 26.3 Å². The van der Waals surface area contributed by atoms with E-state index in [0.717, 1.165) is 12.1 Å². The van der Waals surface area contributed by atoms with Crippen LogP contribution in [0.4, 0.5) is 8.78 Å². The van der Waals surface area contributed by atoms with Crippen molar-refractivity contribution >= 4 is 29.9 Å². The molecule has 7 heteroatoms. The highest BCUT2D eigenvalue weighted by molar-refractivity contribution is 6.33. The first-order chi connectivity index (χ1) is 8.71. The van der Waals surface area contributed by atoms with Gasteiger partial charge in [0.2, 0.25) is 0 Å². The van der Waals surface area contributed by atoms with Gasteiger partial charge in [0.25, 0.3) is 5.91 Å². The van der Waals surface area contributed by atoms with Crippen molar-refractivity contribution in [2.75, 3.05) is 6.54 Å². The minimum Gasteiger partial charge on any atom is -0.345 e. The molecule has 0 aliphatic rings. The van der Waals surface area contributed by atoms with Gasteiger partial charge in [0.15, 0.2) is 11.6 Å². The highest BCUT2D eigenvalue weighted by atomic mass is 35.5. The fourth-order valence-corrected chi connectivity index (χ4v) is 1.69. The Bertz CT molecular complexity index is 498. The number of carbonyl (C=O) groups is 1. The van der Waals surface area contributed by atoms with Gasteiger partial charge in [0.05, 0.1) is 16.1 Å². The molecule has 0 saturated heterocycles. The summed E-state index contributed by atoms with van der Waals surface area (Å²) >= 11 is 5.75. The number of rotatable bonds is 4. The Hall–Kier alpha value is -0.910.